The predicted molar refractivity (Wildman–Crippen MR) is 146 cm³/mol. The summed E-state index contributed by atoms with van der Waals surface area (Å²) < 4.78 is 31.9. The summed E-state index contributed by atoms with van der Waals surface area (Å²) in [6.07, 6.45) is 2.56. The second-order valence-electron chi connectivity index (χ2n) is 9.51. The van der Waals surface area contributed by atoms with Crippen LogP contribution in [0.15, 0.2) is 36.5 Å². The number of thiophene rings is 1. The molecule has 0 unspecified atom stereocenters. The van der Waals surface area contributed by atoms with E-state index < -0.39 is 29.7 Å². The van der Waals surface area contributed by atoms with Gasteiger partial charge in [0, 0.05) is 57.4 Å². The van der Waals surface area contributed by atoms with Gasteiger partial charge in [-0.1, -0.05) is 12.2 Å². The number of aromatic nitrogens is 1. The van der Waals surface area contributed by atoms with Gasteiger partial charge < -0.3 is 29.7 Å². The Morgan fingerprint density at radius 1 is 1.23 bits per heavy atom. The second kappa shape index (κ2) is 10.8. The van der Waals surface area contributed by atoms with Gasteiger partial charge in [0.2, 0.25) is 5.79 Å². The molecule has 2 saturated heterocycles. The van der Waals surface area contributed by atoms with E-state index in [2.05, 4.69) is 15.6 Å². The maximum Gasteiger partial charge on any atom is 0.338 e. The van der Waals surface area contributed by atoms with E-state index in [0.717, 1.165) is 32.0 Å². The van der Waals surface area contributed by atoms with Crippen LogP contribution in [0.5, 0.6) is 11.5 Å². The van der Waals surface area contributed by atoms with Crippen LogP contribution in [0.2, 0.25) is 0 Å². The van der Waals surface area contributed by atoms with E-state index in [9.17, 15) is 18.8 Å². The number of ether oxygens (including phenoxy) is 3. The largest absolute Gasteiger partial charge is 0.453 e. The third-order valence-electron chi connectivity index (χ3n) is 6.05. The first-order chi connectivity index (χ1) is 18.6. The number of benzene rings is 1. The minimum atomic E-state index is -1.06. The van der Waals surface area contributed by atoms with Crippen LogP contribution in [-0.2, 0) is 14.3 Å². The summed E-state index contributed by atoms with van der Waals surface area (Å²) in [7, 11) is 0. The molecule has 2 fully saturated rings. The van der Waals surface area contributed by atoms with Crippen LogP contribution in [0.3, 0.4) is 0 Å². The molecule has 1 atom stereocenters. The summed E-state index contributed by atoms with van der Waals surface area (Å²) in [6.45, 7) is 4.67. The zero-order valence-corrected chi connectivity index (χ0v) is 22.7. The Balaban J connectivity index is 1.21. The molecule has 2 aliphatic heterocycles. The Kier molecular flexibility index (Phi) is 7.47. The minimum Gasteiger partial charge on any atom is -0.453 e. The van der Waals surface area contributed by atoms with Crippen molar-refractivity contribution in [2.45, 2.75) is 45.0 Å². The van der Waals surface area contributed by atoms with E-state index in [0.29, 0.717) is 20.8 Å². The summed E-state index contributed by atoms with van der Waals surface area (Å²) >= 11 is 6.39. The first kappa shape index (κ1) is 26.9. The summed E-state index contributed by atoms with van der Waals surface area (Å²) in [5, 5.41) is 4.92. The van der Waals surface area contributed by atoms with E-state index in [1.807, 2.05) is 4.90 Å². The van der Waals surface area contributed by atoms with Gasteiger partial charge in [-0.05, 0) is 31.0 Å². The molecule has 1 aromatic carbocycles. The molecule has 3 amide bonds. The monoisotopic (exact) mass is 572 g/mol. The Morgan fingerprint density at radius 2 is 2.00 bits per heavy atom. The molecule has 3 aromatic rings. The first-order valence-corrected chi connectivity index (χ1v) is 13.5. The van der Waals surface area contributed by atoms with Gasteiger partial charge in [-0.25, -0.2) is 14.0 Å². The van der Waals surface area contributed by atoms with Crippen LogP contribution in [0.25, 0.3) is 10.2 Å². The normalized spacial score (nSPS) is 18.2. The molecular formula is C26H25FN4O6S2. The van der Waals surface area contributed by atoms with Crippen molar-refractivity contribution < 1.29 is 33.0 Å². The third kappa shape index (κ3) is 6.15. The van der Waals surface area contributed by atoms with E-state index in [-0.39, 0.29) is 28.8 Å². The fraction of sp³-hybridized carbons (Fsp3) is 0.346. The van der Waals surface area contributed by atoms with Crippen LogP contribution in [0, 0.1) is 5.82 Å². The number of thiocarbonyl (C=S) groups is 1. The van der Waals surface area contributed by atoms with Gasteiger partial charge in [-0.3, -0.25) is 9.78 Å². The number of nitrogens with one attached hydrogen (secondary N) is 2. The molecule has 4 heterocycles. The lowest BCUT2D eigenvalue weighted by Crippen LogP contribution is -2.36. The van der Waals surface area contributed by atoms with Gasteiger partial charge in [0.05, 0.1) is 20.1 Å². The highest BCUT2D eigenvalue weighted by Gasteiger charge is 2.41. The number of hydrogen-bond acceptors (Lipinski definition) is 9. The standard InChI is InChI=1S/C26H25FN4O6S2/c1-26(2)36-19(24(33)37-26)13-21(38)30-25(34)29-14-5-6-17(15(27)11-14)35-18-7-8-28-16-12-20(39-22(16)18)23(32)31-9-3-4-10-31/h5-8,11-12,19H,3-4,9-10,13H2,1-2H3,(H2,29,30,34,38)/t19-/m1/s1. The molecule has 0 aliphatic carbocycles. The molecular weight excluding hydrogens is 547 g/mol. The van der Waals surface area contributed by atoms with Crippen molar-refractivity contribution in [3.63, 3.8) is 0 Å². The van der Waals surface area contributed by atoms with Crippen molar-refractivity contribution in [3.8, 4) is 11.5 Å². The lowest BCUT2D eigenvalue weighted by Gasteiger charge is -2.15. The third-order valence-corrected chi connectivity index (χ3v) is 7.44. The van der Waals surface area contributed by atoms with Crippen molar-refractivity contribution in [1.82, 2.24) is 15.2 Å². The van der Waals surface area contributed by atoms with Gasteiger partial charge in [0.25, 0.3) is 5.91 Å². The number of urea groups is 1. The quantitative estimate of drug-likeness (QED) is 0.314. The number of carbonyl (C=O) groups is 3. The summed E-state index contributed by atoms with van der Waals surface area (Å²) in [4.78, 5) is 43.7. The van der Waals surface area contributed by atoms with Crippen molar-refractivity contribution in [3.05, 3.63) is 47.2 Å². The lowest BCUT2D eigenvalue weighted by molar-refractivity contribution is -0.160. The van der Waals surface area contributed by atoms with Crippen LogP contribution in [-0.4, -0.2) is 57.8 Å². The predicted octanol–water partition coefficient (Wildman–Crippen LogP) is 4.98. The van der Waals surface area contributed by atoms with Gasteiger partial charge in [-0.15, -0.1) is 11.3 Å². The van der Waals surface area contributed by atoms with Crippen LogP contribution in [0.1, 0.15) is 42.8 Å². The molecule has 0 saturated carbocycles. The van der Waals surface area contributed by atoms with Crippen LogP contribution >= 0.6 is 23.6 Å². The average Bonchev–Trinajstić information content (AvgIpc) is 3.59. The number of amides is 3. The molecule has 0 spiro atoms. The lowest BCUT2D eigenvalue weighted by atomic mass is 10.2. The molecule has 204 valence electrons. The number of rotatable bonds is 6. The Labute approximate surface area is 232 Å². The zero-order valence-electron chi connectivity index (χ0n) is 21.1. The fourth-order valence-corrected chi connectivity index (χ4v) is 5.59. The molecule has 13 heteroatoms. The molecule has 0 radical (unpaired) electrons. The van der Waals surface area contributed by atoms with Crippen LogP contribution < -0.4 is 15.4 Å². The number of hydrogen-bond donors (Lipinski definition) is 2. The first-order valence-electron chi connectivity index (χ1n) is 12.2. The van der Waals surface area contributed by atoms with Gasteiger partial charge in [-0.2, -0.15) is 0 Å². The molecule has 39 heavy (non-hydrogen) atoms. The summed E-state index contributed by atoms with van der Waals surface area (Å²) in [6, 6.07) is 6.58. The van der Waals surface area contributed by atoms with E-state index in [4.69, 9.17) is 26.4 Å². The fourth-order valence-electron chi connectivity index (χ4n) is 4.31. The van der Waals surface area contributed by atoms with E-state index in [1.54, 1.807) is 26.0 Å². The van der Waals surface area contributed by atoms with Gasteiger partial charge >= 0.3 is 12.0 Å². The SMILES string of the molecule is CC1(C)OC(=O)[C@@H](CC(=S)NC(=O)Nc2ccc(Oc3ccnc4cc(C(=O)N5CCCC5)sc34)c(F)c2)O1. The number of anilines is 1. The smallest absolute Gasteiger partial charge is 0.338 e. The molecule has 5 rings (SSSR count). The molecule has 0 bridgehead atoms. The number of nitrogens with zero attached hydrogens (tertiary/aromatic N) is 2. The van der Waals surface area contributed by atoms with Crippen molar-refractivity contribution >= 4 is 62.4 Å². The van der Waals surface area contributed by atoms with Crippen molar-refractivity contribution in [2.24, 2.45) is 0 Å². The summed E-state index contributed by atoms with van der Waals surface area (Å²) in [5.41, 5.74) is 0.749. The van der Waals surface area contributed by atoms with Gasteiger partial charge in [0.1, 0.15) is 5.75 Å². The van der Waals surface area contributed by atoms with Crippen LogP contribution in [0.4, 0.5) is 14.9 Å². The molecule has 2 aliphatic rings. The molecule has 10 nitrogen and oxygen atoms in total. The number of likely N-dealkylation sites (tertiary alicyclic amines) is 1. The second-order valence-corrected chi connectivity index (χ2v) is 11.1. The number of fused-ring (bicyclic) bond motifs is 1. The topological polar surface area (TPSA) is 119 Å². The number of halogens is 1. The Hall–Kier alpha value is -3.68. The Bertz CT molecular complexity index is 1470. The highest BCUT2D eigenvalue weighted by Crippen LogP contribution is 2.37. The van der Waals surface area contributed by atoms with E-state index >= 15 is 0 Å². The molecule has 2 aromatic heterocycles. The average molecular weight is 573 g/mol. The van der Waals surface area contributed by atoms with E-state index in [1.165, 1.54) is 29.7 Å². The van der Waals surface area contributed by atoms with Crippen molar-refractivity contribution in [2.75, 3.05) is 18.4 Å². The minimum absolute atomic E-state index is 0.0411. The zero-order chi connectivity index (χ0) is 27.7. The van der Waals surface area contributed by atoms with Gasteiger partial charge in [0.15, 0.2) is 17.7 Å². The number of cyclic esters (lactones) is 1. The maximum atomic E-state index is 14.9. The highest BCUT2D eigenvalue weighted by molar-refractivity contribution is 7.80. The maximum absolute atomic E-state index is 14.9. The van der Waals surface area contributed by atoms with Crippen molar-refractivity contribution in [1.29, 1.82) is 0 Å². The number of pyridine rings is 1. The highest BCUT2D eigenvalue weighted by atomic mass is 32.1. The summed E-state index contributed by atoms with van der Waals surface area (Å²) in [5.74, 6) is -2.08. The number of esters is 1. The number of carbonyl (C=O) groups excluding carboxylic acids is 3. The molecule has 2 N–H and O–H groups in total. The Morgan fingerprint density at radius 3 is 2.69 bits per heavy atom.